The molecular weight excluding hydrogens is 230 g/mol. The van der Waals surface area contributed by atoms with Crippen molar-refractivity contribution in [1.29, 1.82) is 0 Å². The summed E-state index contributed by atoms with van der Waals surface area (Å²) in [5, 5.41) is 3.89. The summed E-state index contributed by atoms with van der Waals surface area (Å²) in [6, 6.07) is 1.48. The summed E-state index contributed by atoms with van der Waals surface area (Å²) in [7, 11) is 0. The summed E-state index contributed by atoms with van der Waals surface area (Å²) < 4.78 is 0. The van der Waals surface area contributed by atoms with Crippen molar-refractivity contribution in [2.45, 2.75) is 117 Å². The van der Waals surface area contributed by atoms with Gasteiger partial charge in [0.15, 0.2) is 0 Å². The van der Waals surface area contributed by atoms with Crippen LogP contribution in [0.1, 0.15) is 105 Å². The van der Waals surface area contributed by atoms with Crippen molar-refractivity contribution in [3.63, 3.8) is 0 Å². The van der Waals surface area contributed by atoms with Crippen LogP contribution in [0.15, 0.2) is 0 Å². The van der Waals surface area contributed by atoms with E-state index in [9.17, 15) is 0 Å². The Kier molecular flexibility index (Phi) is 14.3. The van der Waals surface area contributed by atoms with Gasteiger partial charge < -0.3 is 5.32 Å². The Morgan fingerprint density at radius 1 is 0.632 bits per heavy atom. The first-order valence-corrected chi connectivity index (χ1v) is 9.00. The molecule has 0 aliphatic carbocycles. The van der Waals surface area contributed by atoms with Crippen molar-refractivity contribution >= 4 is 0 Å². The van der Waals surface area contributed by atoms with Crippen LogP contribution in [-0.2, 0) is 0 Å². The van der Waals surface area contributed by atoms with Crippen LogP contribution in [0.4, 0.5) is 0 Å². The number of unbranched alkanes of at least 4 members (excludes halogenated alkanes) is 6. The van der Waals surface area contributed by atoms with E-state index in [2.05, 4.69) is 33.0 Å². The fourth-order valence-electron chi connectivity index (χ4n) is 2.78. The van der Waals surface area contributed by atoms with Crippen LogP contribution in [0, 0.1) is 0 Å². The highest BCUT2D eigenvalue weighted by atomic mass is 14.9. The van der Waals surface area contributed by atoms with E-state index in [1.807, 2.05) is 0 Å². The Balaban J connectivity index is 3.86. The lowest BCUT2D eigenvalue weighted by atomic mass is 10.00. The molecule has 0 aliphatic heterocycles. The summed E-state index contributed by atoms with van der Waals surface area (Å²) in [5.74, 6) is 0. The molecule has 0 rings (SSSR count). The van der Waals surface area contributed by atoms with Gasteiger partial charge in [-0.2, -0.15) is 0 Å². The summed E-state index contributed by atoms with van der Waals surface area (Å²) in [6.07, 6.45) is 16.5. The van der Waals surface area contributed by atoms with E-state index in [4.69, 9.17) is 0 Å². The molecule has 0 amide bonds. The highest BCUT2D eigenvalue weighted by Gasteiger charge is 2.11. The van der Waals surface area contributed by atoms with Gasteiger partial charge in [-0.15, -0.1) is 0 Å². The lowest BCUT2D eigenvalue weighted by Gasteiger charge is -2.23. The van der Waals surface area contributed by atoms with E-state index in [0.29, 0.717) is 6.04 Å². The van der Waals surface area contributed by atoms with E-state index >= 15 is 0 Å². The second kappa shape index (κ2) is 14.4. The second-order valence-corrected chi connectivity index (χ2v) is 6.25. The number of hydrogen-bond acceptors (Lipinski definition) is 1. The maximum absolute atomic E-state index is 3.89. The van der Waals surface area contributed by atoms with Gasteiger partial charge in [-0.05, 0) is 26.2 Å². The standard InChI is InChI=1S/C18H39N/c1-5-8-11-14-17(4)19-18(15-12-9-6-2)16-13-10-7-3/h17-19H,5-16H2,1-4H3. The van der Waals surface area contributed by atoms with Gasteiger partial charge in [0.2, 0.25) is 0 Å². The third-order valence-electron chi connectivity index (χ3n) is 4.07. The van der Waals surface area contributed by atoms with Crippen LogP contribution in [0.3, 0.4) is 0 Å². The first kappa shape index (κ1) is 19.0. The van der Waals surface area contributed by atoms with Crippen molar-refractivity contribution < 1.29 is 0 Å². The summed E-state index contributed by atoms with van der Waals surface area (Å²) in [4.78, 5) is 0. The van der Waals surface area contributed by atoms with Crippen LogP contribution in [0.2, 0.25) is 0 Å². The summed E-state index contributed by atoms with van der Waals surface area (Å²) in [5.41, 5.74) is 0. The predicted octanol–water partition coefficient (Wildman–Crippen LogP) is 6.07. The molecule has 0 aromatic carbocycles. The normalized spacial score (nSPS) is 13.1. The largest absolute Gasteiger partial charge is 0.312 e. The van der Waals surface area contributed by atoms with Gasteiger partial charge in [-0.25, -0.2) is 0 Å². The third-order valence-corrected chi connectivity index (χ3v) is 4.07. The van der Waals surface area contributed by atoms with Gasteiger partial charge in [-0.1, -0.05) is 78.6 Å². The molecule has 1 unspecified atom stereocenters. The van der Waals surface area contributed by atoms with Gasteiger partial charge >= 0.3 is 0 Å². The van der Waals surface area contributed by atoms with Crippen molar-refractivity contribution in [2.75, 3.05) is 0 Å². The molecule has 1 N–H and O–H groups in total. The Bertz CT molecular complexity index is 157. The lowest BCUT2D eigenvalue weighted by molar-refractivity contribution is 0.364. The van der Waals surface area contributed by atoms with Crippen molar-refractivity contribution in [3.05, 3.63) is 0 Å². The Hall–Kier alpha value is -0.0400. The van der Waals surface area contributed by atoms with Crippen LogP contribution >= 0.6 is 0 Å². The van der Waals surface area contributed by atoms with Gasteiger partial charge in [-0.3, -0.25) is 0 Å². The van der Waals surface area contributed by atoms with Crippen LogP contribution in [0.25, 0.3) is 0 Å². The highest BCUT2D eigenvalue weighted by molar-refractivity contribution is 4.72. The molecule has 116 valence electrons. The van der Waals surface area contributed by atoms with E-state index in [0.717, 1.165) is 6.04 Å². The average Bonchev–Trinajstić information content (AvgIpc) is 2.39. The van der Waals surface area contributed by atoms with Crippen molar-refractivity contribution in [1.82, 2.24) is 5.32 Å². The smallest absolute Gasteiger partial charge is 0.00695 e. The quantitative estimate of drug-likeness (QED) is 0.377. The topological polar surface area (TPSA) is 12.0 Å². The molecule has 0 aromatic rings. The highest BCUT2D eigenvalue weighted by Crippen LogP contribution is 2.13. The Morgan fingerprint density at radius 3 is 1.47 bits per heavy atom. The molecule has 0 heterocycles. The number of nitrogens with one attached hydrogen (secondary N) is 1. The molecular formula is C18H39N. The molecule has 0 aliphatic rings. The fraction of sp³-hybridized carbons (Fsp3) is 1.00. The van der Waals surface area contributed by atoms with E-state index in [1.54, 1.807) is 0 Å². The number of hydrogen-bond donors (Lipinski definition) is 1. The summed E-state index contributed by atoms with van der Waals surface area (Å²) in [6.45, 7) is 9.26. The minimum absolute atomic E-state index is 0.708. The second-order valence-electron chi connectivity index (χ2n) is 6.25. The van der Waals surface area contributed by atoms with E-state index in [-0.39, 0.29) is 0 Å². The number of rotatable bonds is 14. The molecule has 1 atom stereocenters. The minimum Gasteiger partial charge on any atom is -0.312 e. The van der Waals surface area contributed by atoms with E-state index < -0.39 is 0 Å². The molecule has 0 radical (unpaired) electrons. The lowest BCUT2D eigenvalue weighted by Crippen LogP contribution is -2.36. The molecule has 0 fully saturated rings. The zero-order chi connectivity index (χ0) is 14.3. The van der Waals surface area contributed by atoms with Gasteiger partial charge in [0.25, 0.3) is 0 Å². The monoisotopic (exact) mass is 269 g/mol. The fourth-order valence-corrected chi connectivity index (χ4v) is 2.78. The van der Waals surface area contributed by atoms with Gasteiger partial charge in [0.05, 0.1) is 0 Å². The maximum atomic E-state index is 3.89. The first-order valence-electron chi connectivity index (χ1n) is 9.00. The molecule has 19 heavy (non-hydrogen) atoms. The first-order chi connectivity index (χ1) is 9.24. The zero-order valence-electron chi connectivity index (χ0n) is 14.1. The maximum Gasteiger partial charge on any atom is 0.00695 e. The van der Waals surface area contributed by atoms with Gasteiger partial charge in [0, 0.05) is 12.1 Å². The van der Waals surface area contributed by atoms with Crippen LogP contribution < -0.4 is 5.32 Å². The van der Waals surface area contributed by atoms with Crippen molar-refractivity contribution in [2.24, 2.45) is 0 Å². The van der Waals surface area contributed by atoms with E-state index in [1.165, 1.54) is 77.0 Å². The minimum atomic E-state index is 0.708. The summed E-state index contributed by atoms with van der Waals surface area (Å²) >= 11 is 0. The molecule has 0 spiro atoms. The Labute approximate surface area is 122 Å². The van der Waals surface area contributed by atoms with Crippen molar-refractivity contribution in [3.8, 4) is 0 Å². The van der Waals surface area contributed by atoms with Crippen LogP contribution in [0.5, 0.6) is 0 Å². The molecule has 0 aromatic heterocycles. The molecule has 0 saturated heterocycles. The average molecular weight is 270 g/mol. The molecule has 1 heteroatoms. The molecule has 0 bridgehead atoms. The Morgan fingerprint density at radius 2 is 1.05 bits per heavy atom. The molecule has 1 nitrogen and oxygen atoms in total. The SMILES string of the molecule is CCCCCC(C)NC(CCCCC)CCCCC. The predicted molar refractivity (Wildman–Crippen MR) is 88.8 cm³/mol. The van der Waals surface area contributed by atoms with Gasteiger partial charge in [0.1, 0.15) is 0 Å². The van der Waals surface area contributed by atoms with Crippen LogP contribution in [-0.4, -0.2) is 12.1 Å². The third kappa shape index (κ3) is 12.7. The zero-order valence-corrected chi connectivity index (χ0v) is 14.1. The molecule has 0 saturated carbocycles.